The number of amides is 1. The van der Waals surface area contributed by atoms with Gasteiger partial charge >= 0.3 is 0 Å². The van der Waals surface area contributed by atoms with Crippen molar-refractivity contribution in [2.45, 2.75) is 59.7 Å². The highest BCUT2D eigenvalue weighted by Crippen LogP contribution is 2.30. The van der Waals surface area contributed by atoms with E-state index in [-0.39, 0.29) is 18.0 Å². The van der Waals surface area contributed by atoms with Crippen molar-refractivity contribution in [3.8, 4) is 0 Å². The molecule has 0 aliphatic carbocycles. The maximum Gasteiger partial charge on any atom is 0.244 e. The molecule has 1 saturated heterocycles. The second kappa shape index (κ2) is 7.00. The quantitative estimate of drug-likeness (QED) is 0.909. The lowest BCUT2D eigenvalue weighted by molar-refractivity contribution is -0.119. The lowest BCUT2D eigenvalue weighted by Gasteiger charge is -2.23. The van der Waals surface area contributed by atoms with Crippen molar-refractivity contribution in [1.29, 1.82) is 0 Å². The fourth-order valence-electron chi connectivity index (χ4n) is 3.83. The van der Waals surface area contributed by atoms with Crippen molar-refractivity contribution in [3.63, 3.8) is 0 Å². The van der Waals surface area contributed by atoms with Crippen LogP contribution in [0.5, 0.6) is 0 Å². The molecule has 134 valence electrons. The predicted molar refractivity (Wildman–Crippen MR) is 101 cm³/mol. The van der Waals surface area contributed by atoms with Crippen molar-refractivity contribution in [2.24, 2.45) is 0 Å². The zero-order valence-electron chi connectivity index (χ0n) is 15.8. The number of benzene rings is 1. The minimum absolute atomic E-state index is 0.106. The average Bonchev–Trinajstić information content (AvgIpc) is 3.16. The number of nitrogens with one attached hydrogen (secondary N) is 1. The Hall–Kier alpha value is -2.14. The van der Waals surface area contributed by atoms with E-state index in [9.17, 15) is 4.79 Å². The van der Waals surface area contributed by atoms with Gasteiger partial charge in [0.25, 0.3) is 0 Å². The summed E-state index contributed by atoms with van der Waals surface area (Å²) in [6.45, 7) is 12.1. The summed E-state index contributed by atoms with van der Waals surface area (Å²) >= 11 is 0. The van der Waals surface area contributed by atoms with Gasteiger partial charge < -0.3 is 4.90 Å². The molecular formula is C20H28N4O. The lowest BCUT2D eigenvalue weighted by Crippen LogP contribution is -2.39. The van der Waals surface area contributed by atoms with Crippen LogP contribution in [-0.2, 0) is 11.3 Å². The first-order valence-corrected chi connectivity index (χ1v) is 9.08. The van der Waals surface area contributed by atoms with Crippen LogP contribution in [0.15, 0.2) is 24.5 Å². The normalized spacial score (nSPS) is 18.8. The summed E-state index contributed by atoms with van der Waals surface area (Å²) in [5, 5.41) is 7.81. The Morgan fingerprint density at radius 3 is 2.56 bits per heavy atom. The van der Waals surface area contributed by atoms with Gasteiger partial charge in [-0.15, -0.1) is 0 Å². The van der Waals surface area contributed by atoms with E-state index in [0.29, 0.717) is 0 Å². The highest BCUT2D eigenvalue weighted by Gasteiger charge is 2.34. The van der Waals surface area contributed by atoms with Crippen LogP contribution in [0.1, 0.15) is 48.6 Å². The number of aryl methyl sites for hydroxylation is 4. The van der Waals surface area contributed by atoms with Gasteiger partial charge in [0.05, 0.1) is 12.2 Å². The molecule has 5 heteroatoms. The molecule has 0 radical (unpaired) electrons. The van der Waals surface area contributed by atoms with Crippen LogP contribution in [-0.4, -0.2) is 28.3 Å². The number of hydrogen-bond donors (Lipinski definition) is 1. The molecule has 0 bridgehead atoms. The first kappa shape index (κ1) is 17.7. The van der Waals surface area contributed by atoms with E-state index in [2.05, 4.69) is 57.2 Å². The van der Waals surface area contributed by atoms with Crippen LogP contribution in [0.2, 0.25) is 0 Å². The molecule has 1 aliphatic heterocycles. The number of nitrogens with zero attached hydrogens (tertiary/aromatic N) is 3. The lowest BCUT2D eigenvalue weighted by atomic mass is 10.0. The van der Waals surface area contributed by atoms with Gasteiger partial charge in [0, 0.05) is 36.6 Å². The zero-order chi connectivity index (χ0) is 18.1. The first-order valence-electron chi connectivity index (χ1n) is 9.08. The van der Waals surface area contributed by atoms with E-state index in [1.54, 1.807) is 0 Å². The average molecular weight is 340 g/mol. The number of carbonyl (C=O) groups excluding carboxylic acids is 1. The molecule has 5 nitrogen and oxygen atoms in total. The van der Waals surface area contributed by atoms with E-state index in [1.807, 2.05) is 22.0 Å². The Labute approximate surface area is 150 Å². The molecule has 2 atom stereocenters. The fourth-order valence-corrected chi connectivity index (χ4v) is 3.83. The Morgan fingerprint density at radius 1 is 1.28 bits per heavy atom. The van der Waals surface area contributed by atoms with Crippen LogP contribution in [0.4, 0.5) is 5.69 Å². The molecule has 1 aromatic carbocycles. The predicted octanol–water partition coefficient (Wildman–Crippen LogP) is 3.28. The Bertz CT molecular complexity index is 757. The van der Waals surface area contributed by atoms with Gasteiger partial charge in [0.2, 0.25) is 5.91 Å². The van der Waals surface area contributed by atoms with E-state index in [4.69, 9.17) is 0 Å². The third-order valence-corrected chi connectivity index (χ3v) is 5.04. The third kappa shape index (κ3) is 3.47. The van der Waals surface area contributed by atoms with Gasteiger partial charge in [0.1, 0.15) is 0 Å². The number of hydrogen-bond acceptors (Lipinski definition) is 3. The molecule has 0 spiro atoms. The molecule has 25 heavy (non-hydrogen) atoms. The molecule has 1 aliphatic rings. The first-order chi connectivity index (χ1) is 11.9. The Balaban J connectivity index is 1.74. The number of aromatic nitrogens is 2. The molecule has 0 unspecified atom stereocenters. The number of anilines is 1. The maximum atomic E-state index is 13.0. The van der Waals surface area contributed by atoms with E-state index >= 15 is 0 Å². The van der Waals surface area contributed by atoms with Gasteiger partial charge in [-0.05, 0) is 52.2 Å². The van der Waals surface area contributed by atoms with Crippen molar-refractivity contribution < 1.29 is 4.79 Å². The van der Waals surface area contributed by atoms with Crippen molar-refractivity contribution >= 4 is 11.6 Å². The van der Waals surface area contributed by atoms with Crippen molar-refractivity contribution in [2.75, 3.05) is 11.4 Å². The van der Waals surface area contributed by atoms with Crippen LogP contribution >= 0.6 is 0 Å². The maximum absolute atomic E-state index is 13.0. The molecule has 1 fully saturated rings. The second-order valence-corrected chi connectivity index (χ2v) is 7.10. The Morgan fingerprint density at radius 2 is 1.96 bits per heavy atom. The third-order valence-electron chi connectivity index (χ3n) is 5.04. The van der Waals surface area contributed by atoms with E-state index < -0.39 is 0 Å². The molecule has 2 heterocycles. The summed E-state index contributed by atoms with van der Waals surface area (Å²) in [6.07, 6.45) is 4.76. The molecule has 1 N–H and O–H groups in total. The summed E-state index contributed by atoms with van der Waals surface area (Å²) in [6, 6.07) is 4.27. The zero-order valence-corrected chi connectivity index (χ0v) is 15.8. The number of carbonyl (C=O) groups is 1. The molecule has 1 amide bonds. The molecule has 3 rings (SSSR count). The van der Waals surface area contributed by atoms with Gasteiger partial charge in [-0.2, -0.15) is 5.10 Å². The van der Waals surface area contributed by atoms with Gasteiger partial charge in [-0.1, -0.05) is 17.7 Å². The summed E-state index contributed by atoms with van der Waals surface area (Å²) < 4.78 is 1.91. The van der Waals surface area contributed by atoms with E-state index in [1.165, 1.54) is 16.7 Å². The van der Waals surface area contributed by atoms with Crippen LogP contribution < -0.4 is 10.2 Å². The van der Waals surface area contributed by atoms with Crippen LogP contribution in [0.25, 0.3) is 0 Å². The standard InChI is InChI=1S/C20H28N4O/c1-6-23-12-17(11-21-23)16(5)22-18-7-8-24(20(18)25)19-14(3)9-13(2)10-15(19)4/h9-12,16,18,22H,6-8H2,1-5H3/t16-,18-/m0/s1. The minimum atomic E-state index is -0.139. The molecular weight excluding hydrogens is 312 g/mol. The summed E-state index contributed by atoms with van der Waals surface area (Å²) in [4.78, 5) is 14.9. The monoisotopic (exact) mass is 340 g/mol. The largest absolute Gasteiger partial charge is 0.310 e. The fraction of sp³-hybridized carbons (Fsp3) is 0.500. The Kier molecular flexibility index (Phi) is 4.95. The summed E-state index contributed by atoms with van der Waals surface area (Å²) in [5.41, 5.74) is 5.77. The molecule has 2 aromatic rings. The molecule has 1 aromatic heterocycles. The minimum Gasteiger partial charge on any atom is -0.310 e. The van der Waals surface area contributed by atoms with Gasteiger partial charge in [-0.3, -0.25) is 14.8 Å². The summed E-state index contributed by atoms with van der Waals surface area (Å²) in [7, 11) is 0. The number of rotatable bonds is 5. The van der Waals surface area contributed by atoms with E-state index in [0.717, 1.165) is 30.8 Å². The smallest absolute Gasteiger partial charge is 0.244 e. The topological polar surface area (TPSA) is 50.2 Å². The highest BCUT2D eigenvalue weighted by atomic mass is 16.2. The van der Waals surface area contributed by atoms with Gasteiger partial charge in [-0.25, -0.2) is 0 Å². The van der Waals surface area contributed by atoms with Crippen LogP contribution in [0.3, 0.4) is 0 Å². The summed E-state index contributed by atoms with van der Waals surface area (Å²) in [5.74, 6) is 0.171. The second-order valence-electron chi connectivity index (χ2n) is 7.10. The van der Waals surface area contributed by atoms with Gasteiger partial charge in [0.15, 0.2) is 0 Å². The highest BCUT2D eigenvalue weighted by molar-refractivity contribution is 6.00. The van der Waals surface area contributed by atoms with Crippen LogP contribution in [0, 0.1) is 20.8 Å². The SMILES string of the molecule is CCn1cc([C@H](C)N[C@H]2CCN(c3c(C)cc(C)cc3C)C2=O)cn1. The van der Waals surface area contributed by atoms with Crippen molar-refractivity contribution in [3.05, 3.63) is 46.8 Å². The molecule has 0 saturated carbocycles. The van der Waals surface area contributed by atoms with Crippen molar-refractivity contribution in [1.82, 2.24) is 15.1 Å².